The van der Waals surface area contributed by atoms with Crippen molar-refractivity contribution in [3.8, 4) is 17.2 Å². The molecule has 1 unspecified atom stereocenters. The number of hydrogen-bond acceptors (Lipinski definition) is 6. The lowest BCUT2D eigenvalue weighted by atomic mass is 9.98. The van der Waals surface area contributed by atoms with Crippen LogP contribution in [0.3, 0.4) is 0 Å². The van der Waals surface area contributed by atoms with Crippen molar-refractivity contribution in [3.05, 3.63) is 99.2 Å². The van der Waals surface area contributed by atoms with Gasteiger partial charge in [-0.2, -0.15) is 0 Å². The normalized spacial score (nSPS) is 14.4. The number of fused-ring (bicyclic) bond motifs is 2. The Bertz CT molecular complexity index is 1580. The van der Waals surface area contributed by atoms with E-state index in [0.717, 1.165) is 36.5 Å². The number of ether oxygens (including phenoxy) is 3. The van der Waals surface area contributed by atoms with Crippen molar-refractivity contribution in [2.24, 2.45) is 0 Å². The van der Waals surface area contributed by atoms with Gasteiger partial charge in [-0.1, -0.05) is 38.0 Å². The zero-order valence-electron chi connectivity index (χ0n) is 22.9. The Kier molecular flexibility index (Phi) is 8.05. The van der Waals surface area contributed by atoms with Crippen molar-refractivity contribution in [1.82, 2.24) is 4.90 Å². The van der Waals surface area contributed by atoms with Crippen molar-refractivity contribution >= 4 is 16.9 Å². The van der Waals surface area contributed by atoms with Crippen LogP contribution < -0.4 is 19.6 Å². The van der Waals surface area contributed by atoms with E-state index < -0.39 is 17.3 Å². The quantitative estimate of drug-likeness (QED) is 0.206. The molecule has 7 nitrogen and oxygen atoms in total. The van der Waals surface area contributed by atoms with Gasteiger partial charge in [0.05, 0.1) is 37.8 Å². The fraction of sp³-hybridized carbons (Fsp3) is 0.312. The number of benzene rings is 3. The fourth-order valence-electron chi connectivity index (χ4n) is 5.14. The summed E-state index contributed by atoms with van der Waals surface area (Å²) >= 11 is 0. The van der Waals surface area contributed by atoms with Gasteiger partial charge in [0.1, 0.15) is 17.1 Å². The molecule has 0 bridgehead atoms. The summed E-state index contributed by atoms with van der Waals surface area (Å²) in [6.45, 7) is 3.07. The summed E-state index contributed by atoms with van der Waals surface area (Å²) in [6, 6.07) is 16.1. The fourth-order valence-corrected chi connectivity index (χ4v) is 5.14. The first-order valence-electron chi connectivity index (χ1n) is 13.5. The highest BCUT2D eigenvalue weighted by Gasteiger charge is 2.42. The second-order valence-electron chi connectivity index (χ2n) is 9.78. The van der Waals surface area contributed by atoms with Crippen LogP contribution in [0.25, 0.3) is 11.0 Å². The molecule has 8 heteroatoms. The molecule has 1 aliphatic heterocycles. The minimum Gasteiger partial charge on any atom is -0.494 e. The average Bonchev–Trinajstić information content (AvgIpc) is 3.26. The van der Waals surface area contributed by atoms with E-state index in [1.165, 1.54) is 12.1 Å². The topological polar surface area (TPSA) is 78.2 Å². The van der Waals surface area contributed by atoms with Crippen molar-refractivity contribution in [2.45, 2.75) is 38.6 Å². The number of methoxy groups -OCH3 is 2. The summed E-state index contributed by atoms with van der Waals surface area (Å²) in [5.74, 6) is 0.973. The molecule has 0 saturated heterocycles. The number of amides is 1. The molecule has 2 heterocycles. The molecule has 5 rings (SSSR count). The van der Waals surface area contributed by atoms with Crippen LogP contribution in [0.4, 0.5) is 4.39 Å². The van der Waals surface area contributed by atoms with Crippen molar-refractivity contribution in [1.29, 1.82) is 0 Å². The molecule has 1 aliphatic rings. The molecule has 4 aromatic rings. The smallest absolute Gasteiger partial charge is 0.290 e. The molecule has 1 aromatic heterocycles. The van der Waals surface area contributed by atoms with Gasteiger partial charge in [0, 0.05) is 6.54 Å². The van der Waals surface area contributed by atoms with E-state index in [0.29, 0.717) is 36.8 Å². The molecule has 1 amide bonds. The maximum absolute atomic E-state index is 14.1. The Morgan fingerprint density at radius 1 is 0.925 bits per heavy atom. The Morgan fingerprint density at radius 2 is 1.70 bits per heavy atom. The Morgan fingerprint density at radius 3 is 2.42 bits per heavy atom. The summed E-state index contributed by atoms with van der Waals surface area (Å²) in [6.07, 6.45) is 3.67. The SMILES string of the molecule is CCCCCOc1ccc(C2c3c(oc4ccc(F)cc4c3=O)C(=O)N2CCc2ccc(OC)c(OC)c2)cc1. The summed E-state index contributed by atoms with van der Waals surface area (Å²) < 4.78 is 36.6. The monoisotopic (exact) mass is 545 g/mol. The van der Waals surface area contributed by atoms with E-state index in [4.69, 9.17) is 18.6 Å². The molecule has 0 saturated carbocycles. The standard InChI is InChI=1S/C32H32FNO6/c1-4-5-6-17-39-23-11-8-21(9-12-23)29-28-30(35)24-19-22(33)10-14-25(24)40-31(28)32(36)34(29)16-15-20-7-13-26(37-2)27(18-20)38-3/h7-14,18-19,29H,4-6,15-17H2,1-3H3. The van der Waals surface area contributed by atoms with Gasteiger partial charge in [0.2, 0.25) is 5.76 Å². The van der Waals surface area contributed by atoms with Gasteiger partial charge in [-0.05, 0) is 66.4 Å². The second-order valence-corrected chi connectivity index (χ2v) is 9.78. The van der Waals surface area contributed by atoms with E-state index >= 15 is 0 Å². The first-order chi connectivity index (χ1) is 19.4. The summed E-state index contributed by atoms with van der Waals surface area (Å²) in [4.78, 5) is 29.0. The predicted molar refractivity (Wildman–Crippen MR) is 150 cm³/mol. The number of nitrogens with zero attached hydrogens (tertiary/aromatic N) is 1. The van der Waals surface area contributed by atoms with Gasteiger partial charge in [0.15, 0.2) is 16.9 Å². The van der Waals surface area contributed by atoms with E-state index in [-0.39, 0.29) is 28.2 Å². The number of halogens is 1. The molecule has 0 radical (unpaired) electrons. The van der Waals surface area contributed by atoms with Crippen LogP contribution >= 0.6 is 0 Å². The highest BCUT2D eigenvalue weighted by Crippen LogP contribution is 2.39. The minimum atomic E-state index is -0.694. The molecule has 208 valence electrons. The van der Waals surface area contributed by atoms with Crippen LogP contribution in [0.1, 0.15) is 59.5 Å². The number of carbonyl (C=O) groups is 1. The number of carbonyl (C=O) groups excluding carboxylic acids is 1. The Balaban J connectivity index is 1.51. The maximum atomic E-state index is 14.1. The first-order valence-corrected chi connectivity index (χ1v) is 13.5. The third-order valence-corrected chi connectivity index (χ3v) is 7.23. The Labute approximate surface area is 232 Å². The molecular formula is C32H32FNO6. The highest BCUT2D eigenvalue weighted by atomic mass is 19.1. The highest BCUT2D eigenvalue weighted by molar-refractivity contribution is 5.99. The van der Waals surface area contributed by atoms with Crippen LogP contribution in [-0.4, -0.2) is 38.2 Å². The van der Waals surface area contributed by atoms with Crippen molar-refractivity contribution in [2.75, 3.05) is 27.4 Å². The first kappa shape index (κ1) is 27.2. The lowest BCUT2D eigenvalue weighted by molar-refractivity contribution is 0.0730. The summed E-state index contributed by atoms with van der Waals surface area (Å²) in [5, 5.41) is 0.106. The minimum absolute atomic E-state index is 0.0127. The van der Waals surface area contributed by atoms with Crippen LogP contribution in [-0.2, 0) is 6.42 Å². The molecule has 0 N–H and O–H groups in total. The van der Waals surface area contributed by atoms with Crippen LogP contribution in [0.5, 0.6) is 17.2 Å². The largest absolute Gasteiger partial charge is 0.494 e. The van der Waals surface area contributed by atoms with Gasteiger partial charge in [-0.25, -0.2) is 4.39 Å². The summed E-state index contributed by atoms with van der Waals surface area (Å²) in [7, 11) is 3.14. The van der Waals surface area contributed by atoms with Crippen LogP contribution in [0.15, 0.2) is 69.9 Å². The second kappa shape index (κ2) is 11.8. The lowest BCUT2D eigenvalue weighted by Gasteiger charge is -2.25. The third kappa shape index (κ3) is 5.26. The molecule has 0 aliphatic carbocycles. The van der Waals surface area contributed by atoms with Crippen LogP contribution in [0.2, 0.25) is 0 Å². The van der Waals surface area contributed by atoms with Gasteiger partial charge in [-0.3, -0.25) is 9.59 Å². The molecule has 0 fully saturated rings. The van der Waals surface area contributed by atoms with Gasteiger partial charge < -0.3 is 23.5 Å². The van der Waals surface area contributed by atoms with Gasteiger partial charge >= 0.3 is 0 Å². The van der Waals surface area contributed by atoms with E-state index in [1.807, 2.05) is 42.5 Å². The number of hydrogen-bond donors (Lipinski definition) is 0. The predicted octanol–water partition coefficient (Wildman–Crippen LogP) is 6.31. The molecule has 40 heavy (non-hydrogen) atoms. The van der Waals surface area contributed by atoms with E-state index in [1.54, 1.807) is 19.1 Å². The van der Waals surface area contributed by atoms with E-state index in [2.05, 4.69) is 6.92 Å². The average molecular weight is 546 g/mol. The number of unbranched alkanes of at least 4 members (excludes halogenated alkanes) is 2. The number of rotatable bonds is 11. The van der Waals surface area contributed by atoms with E-state index in [9.17, 15) is 14.0 Å². The van der Waals surface area contributed by atoms with Crippen LogP contribution in [0, 0.1) is 5.82 Å². The summed E-state index contributed by atoms with van der Waals surface area (Å²) in [5.41, 5.74) is 1.65. The van der Waals surface area contributed by atoms with Crippen molar-refractivity contribution in [3.63, 3.8) is 0 Å². The molecule has 1 atom stereocenters. The maximum Gasteiger partial charge on any atom is 0.290 e. The third-order valence-electron chi connectivity index (χ3n) is 7.23. The molecule has 0 spiro atoms. The van der Waals surface area contributed by atoms with Gasteiger partial charge in [-0.15, -0.1) is 0 Å². The lowest BCUT2D eigenvalue weighted by Crippen LogP contribution is -2.31. The molecular weight excluding hydrogens is 513 g/mol. The molecule has 3 aromatic carbocycles. The Hall–Kier alpha value is -4.33. The zero-order chi connectivity index (χ0) is 28.2. The van der Waals surface area contributed by atoms with Gasteiger partial charge in [0.25, 0.3) is 5.91 Å². The van der Waals surface area contributed by atoms with Crippen molar-refractivity contribution < 1.29 is 27.8 Å². The zero-order valence-corrected chi connectivity index (χ0v) is 22.9.